The van der Waals surface area contributed by atoms with E-state index in [1.165, 1.54) is 57.3 Å². The van der Waals surface area contributed by atoms with Crippen LogP contribution in [0.3, 0.4) is 0 Å². The van der Waals surface area contributed by atoms with Gasteiger partial charge in [0.25, 0.3) is 0 Å². The summed E-state index contributed by atoms with van der Waals surface area (Å²) in [6.45, 7) is 51.0. The minimum absolute atomic E-state index is 0.000211. The Morgan fingerprint density at radius 3 is 1.43 bits per heavy atom. The van der Waals surface area contributed by atoms with Crippen molar-refractivity contribution >= 4 is 64.8 Å². The van der Waals surface area contributed by atoms with Gasteiger partial charge in [-0.2, -0.15) is 0 Å². The van der Waals surface area contributed by atoms with Gasteiger partial charge < -0.3 is 24.1 Å². The molecular formula is C114H134BNO8. The fourth-order valence-electron chi connectivity index (χ4n) is 16.6. The van der Waals surface area contributed by atoms with Gasteiger partial charge in [-0.3, -0.25) is 19.2 Å². The molecule has 2 aliphatic heterocycles. The van der Waals surface area contributed by atoms with E-state index in [0.29, 0.717) is 37.4 Å². The third kappa shape index (κ3) is 26.4. The van der Waals surface area contributed by atoms with Crippen LogP contribution in [0.25, 0.3) is 40.4 Å². The van der Waals surface area contributed by atoms with Crippen molar-refractivity contribution in [2.24, 2.45) is 0 Å². The van der Waals surface area contributed by atoms with Crippen molar-refractivity contribution in [2.75, 3.05) is 0 Å². The summed E-state index contributed by atoms with van der Waals surface area (Å²) in [7, 11) is -0.963. The van der Waals surface area contributed by atoms with E-state index in [1.807, 2.05) is 141 Å². The second-order valence-corrected chi connectivity index (χ2v) is 39.5. The fourth-order valence-corrected chi connectivity index (χ4v) is 16.6. The van der Waals surface area contributed by atoms with Gasteiger partial charge in [-0.25, -0.2) is 0 Å². The molecule has 0 atom stereocenters. The van der Waals surface area contributed by atoms with Gasteiger partial charge in [0, 0.05) is 63.7 Å². The molecule has 11 aromatic rings. The first-order valence-corrected chi connectivity index (χ1v) is 44.5. The Bertz CT molecular complexity index is 5640. The Morgan fingerprint density at radius 2 is 0.935 bits per heavy atom. The van der Waals surface area contributed by atoms with Crippen LogP contribution < -0.4 is 19.6 Å². The maximum atomic E-state index is 13.1. The largest absolute Gasteiger partial charge is 0.560 e. The molecule has 0 bridgehead atoms. The van der Waals surface area contributed by atoms with Crippen LogP contribution >= 0.6 is 0 Å². The van der Waals surface area contributed by atoms with Crippen molar-refractivity contribution in [3.63, 3.8) is 0 Å². The quantitative estimate of drug-likeness (QED) is 0.0297. The van der Waals surface area contributed by atoms with Crippen LogP contribution in [0.5, 0.6) is 17.2 Å². The van der Waals surface area contributed by atoms with Gasteiger partial charge in [0.2, 0.25) is 0 Å². The van der Waals surface area contributed by atoms with Gasteiger partial charge in [0.1, 0.15) is 28.5 Å². The topological polar surface area (TPSA) is 132 Å². The van der Waals surface area contributed by atoms with Crippen LogP contribution in [-0.2, 0) is 70.4 Å². The number of nitrogens with one attached hydrogen (secondary N) is 1. The van der Waals surface area contributed by atoms with Crippen molar-refractivity contribution in [2.45, 2.75) is 261 Å². The lowest BCUT2D eigenvalue weighted by molar-refractivity contribution is -0.112. The number of hydrogen-bond donors (Lipinski definition) is 2. The highest BCUT2D eigenvalue weighted by molar-refractivity contribution is 6.60. The number of carbonyl (C=O) groups excluding carboxylic acids is 4. The Kier molecular flexibility index (Phi) is 31.1. The number of Topliss-reactive ketones (excluding diaryl/α,β-unsaturated/α-hetero) is 3. The van der Waals surface area contributed by atoms with E-state index in [9.17, 15) is 24.2 Å². The average molecular weight is 1660 g/mol. The zero-order chi connectivity index (χ0) is 90.3. The van der Waals surface area contributed by atoms with Crippen LogP contribution in [0.1, 0.15) is 298 Å². The number of ether oxygens (including phenoxy) is 2. The smallest absolute Gasteiger partial charge is 0.532 e. The van der Waals surface area contributed by atoms with Crippen molar-refractivity contribution in [1.82, 2.24) is 4.98 Å². The Balaban J connectivity index is 0.000000163. The first-order chi connectivity index (χ1) is 58.5. The molecule has 3 heterocycles. The monoisotopic (exact) mass is 1660 g/mol. The minimum Gasteiger partial charge on any atom is -0.532 e. The summed E-state index contributed by atoms with van der Waals surface area (Å²) < 4.78 is 18.4. The van der Waals surface area contributed by atoms with Crippen molar-refractivity contribution in [1.29, 1.82) is 0 Å². The molecule has 0 radical (unpaired) electrons. The number of ketones is 4. The number of fused-ring (bicyclic) bond motifs is 3. The van der Waals surface area contributed by atoms with E-state index < -0.39 is 7.12 Å². The number of aromatic amines is 1. The lowest BCUT2D eigenvalue weighted by Crippen LogP contribution is -2.42. The van der Waals surface area contributed by atoms with E-state index in [1.54, 1.807) is 13.0 Å². The van der Waals surface area contributed by atoms with Crippen LogP contribution in [0.4, 0.5) is 0 Å². The van der Waals surface area contributed by atoms with Gasteiger partial charge >= 0.3 is 7.12 Å². The minimum atomic E-state index is -0.963. The number of rotatable bonds is 22. The van der Waals surface area contributed by atoms with Gasteiger partial charge in [-0.05, 0) is 283 Å². The van der Waals surface area contributed by atoms with E-state index >= 15 is 0 Å². The van der Waals surface area contributed by atoms with E-state index in [-0.39, 0.29) is 61.4 Å². The lowest BCUT2D eigenvalue weighted by atomic mass is 9.72. The summed E-state index contributed by atoms with van der Waals surface area (Å²) in [5.74, 6) is 3.77. The summed E-state index contributed by atoms with van der Waals surface area (Å²) in [5, 5.41) is 11.5. The van der Waals surface area contributed by atoms with E-state index in [2.05, 4.69) is 271 Å². The SMILES string of the molecule is C/C=C/c1ccc(CC(=O)c2cccc(C(C)(C)C)c2)cc1.C/C=C/c1ccc(OB(O)c2cccc(C(C)(C)C)c2)cc1.C=CCc1cc(C(=O)Cc2ccc(CC)cc2)cc2c1OC(C)(C)CC2(C)C.CC(=O)/C=C/c1ccc2[nH]c(-c3cccc(C(C)(C)C)c3)cc2c1.CCc1ccc(CC(=O)c2cc(C3CC3)c3c(c2)C(C)(C)CC(C)(C)O3)cc1. The number of aryl methyl sites for hydroxylation is 2. The van der Waals surface area contributed by atoms with Crippen LogP contribution in [0, 0.1) is 0 Å². The molecule has 0 amide bonds. The molecular weight excluding hydrogens is 1520 g/mol. The molecule has 14 rings (SSSR count). The number of allylic oxidation sites excluding steroid dienone is 4. The molecule has 2 N–H and O–H groups in total. The maximum Gasteiger partial charge on any atom is 0.560 e. The number of hydrogen-bond acceptors (Lipinski definition) is 8. The second kappa shape index (κ2) is 40.6. The van der Waals surface area contributed by atoms with Crippen LogP contribution in [0.15, 0.2) is 249 Å². The van der Waals surface area contributed by atoms with E-state index in [0.717, 1.165) is 120 Å². The summed E-state index contributed by atoms with van der Waals surface area (Å²) in [5.41, 5.74) is 23.8. The normalized spacial score (nSPS) is 14.7. The van der Waals surface area contributed by atoms with Gasteiger partial charge in [-0.1, -0.05) is 292 Å². The number of carbonyl (C=O) groups is 4. The molecule has 1 aromatic heterocycles. The fraction of sp³-hybridized carbons (Fsp3) is 0.351. The first-order valence-electron chi connectivity index (χ1n) is 44.5. The molecule has 1 saturated carbocycles. The van der Waals surface area contributed by atoms with Gasteiger partial charge in [0.15, 0.2) is 23.1 Å². The van der Waals surface area contributed by atoms with Crippen molar-refractivity contribution < 1.29 is 38.3 Å². The number of benzene rings is 10. The predicted octanol–water partition coefficient (Wildman–Crippen LogP) is 27.6. The standard InChI is InChI=1S/2C26H32O2.C22H23NO.C21H24O.C19H23BO2/c1-6-17-7-9-18(10-8-17)13-23(27)20-14-21(19-11-12-19)24-22(15-20)25(2,3)16-26(4,5)28-24;1-7-9-20-15-21(23(27)14-19-12-10-18(8-2)11-13-19)16-22-24(20)28-26(5,6)17-25(22,3)4;1-15(24)8-9-16-10-11-20-18(12-16)14-21(23-20)17-6-5-7-19(13-17)22(2,3)4;1-5-7-16-10-12-17(13-11-16)14-20(22)18-8-6-9-19(15-18)21(2,3)4;1-5-7-15-10-12-18(13-11-15)22-20(21)17-9-6-8-16(14-17)19(2,3)4/h7-10,14-15,19H,6,11-13,16H2,1-5H3;7,10-13,15-16H,1,8-9,14,17H2,2-6H3;5-14,23H,1-4H3;5-13,15H,14H2,1-4H3;5-14,21H,1-4H3/b;;9-8+;2*7-5+. The lowest BCUT2D eigenvalue weighted by Gasteiger charge is -2.43. The highest BCUT2D eigenvalue weighted by atomic mass is 16.5. The second-order valence-electron chi connectivity index (χ2n) is 39.5. The predicted molar refractivity (Wildman–Crippen MR) is 522 cm³/mol. The summed E-state index contributed by atoms with van der Waals surface area (Å²) in [6.07, 6.45) is 21.7. The molecule has 124 heavy (non-hydrogen) atoms. The summed E-state index contributed by atoms with van der Waals surface area (Å²) >= 11 is 0. The zero-order valence-corrected chi connectivity index (χ0v) is 78.1. The summed E-state index contributed by atoms with van der Waals surface area (Å²) in [4.78, 5) is 53.3. The molecule has 3 aliphatic rings. The molecule has 1 fully saturated rings. The maximum absolute atomic E-state index is 13.1. The zero-order valence-electron chi connectivity index (χ0n) is 78.1. The van der Waals surface area contributed by atoms with E-state index in [4.69, 9.17) is 14.1 Å². The van der Waals surface area contributed by atoms with Crippen molar-refractivity contribution in [3.05, 3.63) is 349 Å². The van der Waals surface area contributed by atoms with Gasteiger partial charge in [0.05, 0.1) is 0 Å². The summed E-state index contributed by atoms with van der Waals surface area (Å²) in [6, 6.07) is 73.8. The molecule has 0 saturated heterocycles. The molecule has 0 unspecified atom stereocenters. The molecule has 10 aromatic carbocycles. The Labute approximate surface area is 742 Å². The third-order valence-electron chi connectivity index (χ3n) is 23.3. The van der Waals surface area contributed by atoms with Gasteiger partial charge in [-0.15, -0.1) is 6.58 Å². The molecule has 1 aliphatic carbocycles. The van der Waals surface area contributed by atoms with Crippen LogP contribution in [0.2, 0.25) is 0 Å². The molecule has 9 nitrogen and oxygen atoms in total. The Morgan fingerprint density at radius 1 is 0.492 bits per heavy atom. The molecule has 0 spiro atoms. The average Bonchev–Trinajstić information content (AvgIpc) is 1.24. The highest BCUT2D eigenvalue weighted by Crippen LogP contribution is 2.53. The molecule has 646 valence electrons. The third-order valence-corrected chi connectivity index (χ3v) is 23.3. The van der Waals surface area contributed by atoms with Crippen LogP contribution in [-0.4, -0.2) is 51.5 Å². The van der Waals surface area contributed by atoms with Crippen molar-refractivity contribution in [3.8, 4) is 28.5 Å². The molecule has 10 heteroatoms. The number of H-pyrrole nitrogens is 1. The number of aromatic nitrogens is 1. The first kappa shape index (κ1) is 95.0. The highest BCUT2D eigenvalue weighted by Gasteiger charge is 2.44. The Hall–Kier alpha value is -11.2.